The molecule has 0 aliphatic carbocycles. The molecular formula is C26H28N2O. The Bertz CT molecular complexity index is 890. The van der Waals surface area contributed by atoms with Crippen molar-refractivity contribution in [2.75, 3.05) is 32.8 Å². The number of morpholine rings is 1. The van der Waals surface area contributed by atoms with Crippen LogP contribution in [0.1, 0.15) is 29.5 Å². The lowest BCUT2D eigenvalue weighted by molar-refractivity contribution is 0.0357. The fourth-order valence-corrected chi connectivity index (χ4v) is 3.79. The van der Waals surface area contributed by atoms with Crippen molar-refractivity contribution in [2.24, 2.45) is 4.99 Å². The molecule has 0 aromatic heterocycles. The molecule has 0 radical (unpaired) electrons. The third-order valence-electron chi connectivity index (χ3n) is 5.41. The minimum atomic E-state index is 0.458. The summed E-state index contributed by atoms with van der Waals surface area (Å²) in [6.07, 6.45) is 0. The quantitative estimate of drug-likeness (QED) is 0.539. The van der Waals surface area contributed by atoms with Gasteiger partial charge in [-0.25, -0.2) is 4.99 Å². The van der Waals surface area contributed by atoms with Gasteiger partial charge in [-0.2, -0.15) is 0 Å². The van der Waals surface area contributed by atoms with E-state index >= 15 is 0 Å². The third-order valence-corrected chi connectivity index (χ3v) is 5.41. The maximum atomic E-state index is 5.47. The van der Waals surface area contributed by atoms with Crippen molar-refractivity contribution in [3.63, 3.8) is 0 Å². The van der Waals surface area contributed by atoms with Gasteiger partial charge in [0.15, 0.2) is 0 Å². The summed E-state index contributed by atoms with van der Waals surface area (Å²) in [6, 6.07) is 29.5. The fraction of sp³-hybridized carbons (Fsp3) is 0.269. The second kappa shape index (κ2) is 9.64. The van der Waals surface area contributed by atoms with Gasteiger partial charge in [-0.1, -0.05) is 79.7 Å². The van der Waals surface area contributed by atoms with Crippen LogP contribution >= 0.6 is 0 Å². The van der Waals surface area contributed by atoms with E-state index < -0.39 is 0 Å². The van der Waals surface area contributed by atoms with Gasteiger partial charge in [-0.05, 0) is 23.6 Å². The molecule has 0 amide bonds. The third kappa shape index (κ3) is 5.20. The maximum absolute atomic E-state index is 5.47. The summed E-state index contributed by atoms with van der Waals surface area (Å²) < 4.78 is 5.47. The van der Waals surface area contributed by atoms with Crippen molar-refractivity contribution in [3.05, 3.63) is 102 Å². The Labute approximate surface area is 173 Å². The van der Waals surface area contributed by atoms with Crippen molar-refractivity contribution in [1.29, 1.82) is 0 Å². The Balaban J connectivity index is 1.62. The maximum Gasteiger partial charge on any atom is 0.0781 e. The molecule has 0 bridgehead atoms. The van der Waals surface area contributed by atoms with E-state index in [9.17, 15) is 0 Å². The monoisotopic (exact) mass is 384 g/mol. The van der Waals surface area contributed by atoms with E-state index in [-0.39, 0.29) is 0 Å². The first-order valence-corrected chi connectivity index (χ1v) is 10.4. The SMILES string of the molecule is CC(CN1CCOCC1)c1cccc(N=C(c2ccccc2)c2ccccc2)c1. The van der Waals surface area contributed by atoms with Gasteiger partial charge in [0.05, 0.1) is 24.6 Å². The zero-order valence-electron chi connectivity index (χ0n) is 17.0. The molecule has 148 valence electrons. The Morgan fingerprint density at radius 3 is 2.10 bits per heavy atom. The van der Waals surface area contributed by atoms with Crippen molar-refractivity contribution in [3.8, 4) is 0 Å². The summed E-state index contributed by atoms with van der Waals surface area (Å²) in [7, 11) is 0. The van der Waals surface area contributed by atoms with Crippen LogP contribution < -0.4 is 0 Å². The minimum absolute atomic E-state index is 0.458. The molecule has 1 unspecified atom stereocenters. The van der Waals surface area contributed by atoms with Crippen molar-refractivity contribution < 1.29 is 4.74 Å². The van der Waals surface area contributed by atoms with Crippen molar-refractivity contribution >= 4 is 11.4 Å². The van der Waals surface area contributed by atoms with Gasteiger partial charge < -0.3 is 4.74 Å². The van der Waals surface area contributed by atoms with E-state index in [1.54, 1.807) is 0 Å². The van der Waals surface area contributed by atoms with Crippen LogP contribution in [-0.4, -0.2) is 43.5 Å². The molecular weight excluding hydrogens is 356 g/mol. The standard InChI is InChI=1S/C26H28N2O/c1-21(20-28-15-17-29-18-16-28)24-13-8-14-25(19-24)27-26(22-9-4-2-5-10-22)23-11-6-3-7-12-23/h2-14,19,21H,15-18,20H2,1H3. The molecule has 0 N–H and O–H groups in total. The molecule has 1 heterocycles. The highest BCUT2D eigenvalue weighted by Crippen LogP contribution is 2.24. The fourth-order valence-electron chi connectivity index (χ4n) is 3.79. The molecule has 1 saturated heterocycles. The lowest BCUT2D eigenvalue weighted by atomic mass is 9.99. The van der Waals surface area contributed by atoms with Crippen LogP contribution in [0.2, 0.25) is 0 Å². The predicted molar refractivity (Wildman–Crippen MR) is 120 cm³/mol. The molecule has 3 aromatic carbocycles. The Morgan fingerprint density at radius 1 is 0.862 bits per heavy atom. The number of nitrogens with zero attached hydrogens (tertiary/aromatic N) is 2. The van der Waals surface area contributed by atoms with Crippen LogP contribution in [0.15, 0.2) is 89.9 Å². The first kappa shape index (κ1) is 19.6. The summed E-state index contributed by atoms with van der Waals surface area (Å²) in [5, 5.41) is 0. The molecule has 1 atom stereocenters. The Hall–Kier alpha value is -2.75. The highest BCUT2D eigenvalue weighted by Gasteiger charge is 2.15. The molecule has 1 fully saturated rings. The van der Waals surface area contributed by atoms with E-state index in [4.69, 9.17) is 9.73 Å². The van der Waals surface area contributed by atoms with Crippen LogP contribution in [-0.2, 0) is 4.74 Å². The number of benzene rings is 3. The summed E-state index contributed by atoms with van der Waals surface area (Å²) in [4.78, 5) is 7.56. The van der Waals surface area contributed by atoms with Crippen LogP contribution in [0.5, 0.6) is 0 Å². The summed E-state index contributed by atoms with van der Waals surface area (Å²) in [5.74, 6) is 0.458. The topological polar surface area (TPSA) is 24.8 Å². The average molecular weight is 385 g/mol. The van der Waals surface area contributed by atoms with E-state index in [1.807, 2.05) is 12.1 Å². The molecule has 0 spiro atoms. The minimum Gasteiger partial charge on any atom is -0.379 e. The summed E-state index contributed by atoms with van der Waals surface area (Å²) in [6.45, 7) is 7.08. The first-order valence-electron chi connectivity index (χ1n) is 10.4. The molecule has 4 rings (SSSR count). The number of aliphatic imine (C=N–C) groups is 1. The highest BCUT2D eigenvalue weighted by molar-refractivity contribution is 6.13. The summed E-state index contributed by atoms with van der Waals surface area (Å²) >= 11 is 0. The van der Waals surface area contributed by atoms with Gasteiger partial charge in [0.1, 0.15) is 0 Å². The van der Waals surface area contributed by atoms with E-state index in [0.717, 1.165) is 55.4 Å². The molecule has 29 heavy (non-hydrogen) atoms. The second-order valence-corrected chi connectivity index (χ2v) is 7.60. The predicted octanol–water partition coefficient (Wildman–Crippen LogP) is 5.29. The molecule has 3 aromatic rings. The van der Waals surface area contributed by atoms with Gasteiger partial charge in [0.2, 0.25) is 0 Å². The molecule has 0 saturated carbocycles. The zero-order chi connectivity index (χ0) is 19.9. The smallest absolute Gasteiger partial charge is 0.0781 e. The van der Waals surface area contributed by atoms with Crippen LogP contribution in [0.4, 0.5) is 5.69 Å². The highest BCUT2D eigenvalue weighted by atomic mass is 16.5. The molecule has 3 nitrogen and oxygen atoms in total. The molecule has 1 aliphatic rings. The van der Waals surface area contributed by atoms with Gasteiger partial charge in [-0.3, -0.25) is 4.90 Å². The van der Waals surface area contributed by atoms with Crippen LogP contribution in [0, 0.1) is 0 Å². The largest absolute Gasteiger partial charge is 0.379 e. The van der Waals surface area contributed by atoms with Crippen molar-refractivity contribution in [2.45, 2.75) is 12.8 Å². The molecule has 3 heteroatoms. The van der Waals surface area contributed by atoms with Gasteiger partial charge in [-0.15, -0.1) is 0 Å². The molecule has 1 aliphatic heterocycles. The van der Waals surface area contributed by atoms with Crippen LogP contribution in [0.3, 0.4) is 0 Å². The lowest BCUT2D eigenvalue weighted by Gasteiger charge is -2.29. The average Bonchev–Trinajstić information content (AvgIpc) is 2.79. The Kier molecular flexibility index (Phi) is 6.50. The zero-order valence-corrected chi connectivity index (χ0v) is 17.0. The Morgan fingerprint density at radius 2 is 1.48 bits per heavy atom. The number of rotatable bonds is 6. The van der Waals surface area contributed by atoms with Gasteiger partial charge in [0.25, 0.3) is 0 Å². The normalized spacial score (nSPS) is 15.6. The number of hydrogen-bond donors (Lipinski definition) is 0. The van der Waals surface area contributed by atoms with E-state index in [1.165, 1.54) is 5.56 Å². The number of ether oxygens (including phenoxy) is 1. The first-order chi connectivity index (χ1) is 14.3. The lowest BCUT2D eigenvalue weighted by Crippen LogP contribution is -2.38. The number of hydrogen-bond acceptors (Lipinski definition) is 3. The van der Waals surface area contributed by atoms with Crippen LogP contribution in [0.25, 0.3) is 0 Å². The van der Waals surface area contributed by atoms with Gasteiger partial charge in [0, 0.05) is 30.8 Å². The summed E-state index contributed by atoms with van der Waals surface area (Å²) in [5.41, 5.74) is 5.59. The van der Waals surface area contributed by atoms with Gasteiger partial charge >= 0.3 is 0 Å². The van der Waals surface area contributed by atoms with E-state index in [0.29, 0.717) is 5.92 Å². The van der Waals surface area contributed by atoms with Crippen molar-refractivity contribution in [1.82, 2.24) is 4.90 Å². The van der Waals surface area contributed by atoms with E-state index in [2.05, 4.69) is 84.6 Å². The second-order valence-electron chi connectivity index (χ2n) is 7.60.